The van der Waals surface area contributed by atoms with Gasteiger partial charge in [-0.05, 0) is 23.6 Å². The molecule has 4 heteroatoms. The van der Waals surface area contributed by atoms with Crippen molar-refractivity contribution in [1.29, 1.82) is 0 Å². The Morgan fingerprint density at radius 3 is 2.88 bits per heavy atom. The maximum atomic E-state index is 11.8. The molecule has 2 rings (SSSR count). The predicted octanol–water partition coefficient (Wildman–Crippen LogP) is 2.94. The van der Waals surface area contributed by atoms with Crippen molar-refractivity contribution in [3.63, 3.8) is 0 Å². The van der Waals surface area contributed by atoms with Gasteiger partial charge in [-0.3, -0.25) is 4.79 Å². The Balaban J connectivity index is 2.10. The van der Waals surface area contributed by atoms with Crippen LogP contribution in [0.1, 0.15) is 27.2 Å². The molecule has 0 aliphatic rings. The first-order valence-corrected chi connectivity index (χ1v) is 5.67. The number of carbonyl (C=O) groups excluding carboxylic acids is 1. The highest BCUT2D eigenvalue weighted by atomic mass is 16.1. The van der Waals surface area contributed by atoms with Crippen molar-refractivity contribution in [2.24, 2.45) is 5.41 Å². The van der Waals surface area contributed by atoms with Crippen LogP contribution >= 0.6 is 0 Å². The van der Waals surface area contributed by atoms with E-state index in [1.54, 1.807) is 6.33 Å². The summed E-state index contributed by atoms with van der Waals surface area (Å²) in [4.78, 5) is 18.9. The van der Waals surface area contributed by atoms with Crippen molar-refractivity contribution in [3.8, 4) is 0 Å². The number of anilines is 1. The van der Waals surface area contributed by atoms with E-state index in [9.17, 15) is 4.79 Å². The van der Waals surface area contributed by atoms with Crippen molar-refractivity contribution in [1.82, 2.24) is 9.97 Å². The number of aromatic nitrogens is 2. The first kappa shape index (κ1) is 11.6. The molecular formula is C13H17N3O. The zero-order valence-electron chi connectivity index (χ0n) is 10.4. The molecule has 0 radical (unpaired) electrons. The summed E-state index contributed by atoms with van der Waals surface area (Å²) < 4.78 is 0. The van der Waals surface area contributed by atoms with Gasteiger partial charge in [0.2, 0.25) is 5.91 Å². The molecule has 0 spiro atoms. The van der Waals surface area contributed by atoms with Gasteiger partial charge in [0.1, 0.15) is 0 Å². The van der Waals surface area contributed by atoms with Gasteiger partial charge in [0, 0.05) is 12.1 Å². The number of aromatic amines is 1. The number of nitrogens with one attached hydrogen (secondary N) is 2. The highest BCUT2D eigenvalue weighted by Crippen LogP contribution is 2.20. The Morgan fingerprint density at radius 2 is 2.18 bits per heavy atom. The second-order valence-electron chi connectivity index (χ2n) is 5.42. The van der Waals surface area contributed by atoms with Crippen LogP contribution in [0, 0.1) is 5.41 Å². The van der Waals surface area contributed by atoms with E-state index in [0.717, 1.165) is 16.7 Å². The first-order chi connectivity index (χ1) is 7.94. The average Bonchev–Trinajstić information content (AvgIpc) is 2.61. The lowest BCUT2D eigenvalue weighted by atomic mass is 9.92. The van der Waals surface area contributed by atoms with E-state index in [2.05, 4.69) is 15.3 Å². The van der Waals surface area contributed by atoms with Gasteiger partial charge in [0.05, 0.1) is 17.4 Å². The molecule has 17 heavy (non-hydrogen) atoms. The molecule has 4 nitrogen and oxygen atoms in total. The molecule has 0 atom stereocenters. The van der Waals surface area contributed by atoms with Gasteiger partial charge in [0.15, 0.2) is 0 Å². The summed E-state index contributed by atoms with van der Waals surface area (Å²) in [6.07, 6.45) is 2.15. The fourth-order valence-electron chi connectivity index (χ4n) is 1.70. The van der Waals surface area contributed by atoms with E-state index in [1.165, 1.54) is 0 Å². The van der Waals surface area contributed by atoms with Crippen LogP contribution in [0.3, 0.4) is 0 Å². The Labute approximate surface area is 100 Å². The van der Waals surface area contributed by atoms with Crippen molar-refractivity contribution >= 4 is 22.6 Å². The molecule has 0 aliphatic heterocycles. The minimum atomic E-state index is 0.00215. The lowest BCUT2D eigenvalue weighted by molar-refractivity contribution is -0.117. The molecule has 1 heterocycles. The SMILES string of the molecule is CC(C)(C)CC(=O)Nc1ccc2nc[nH]c2c1. The van der Waals surface area contributed by atoms with Gasteiger partial charge in [-0.15, -0.1) is 0 Å². The molecule has 0 fully saturated rings. The number of hydrogen-bond acceptors (Lipinski definition) is 2. The van der Waals surface area contributed by atoms with Crippen LogP contribution in [-0.4, -0.2) is 15.9 Å². The smallest absolute Gasteiger partial charge is 0.224 e. The van der Waals surface area contributed by atoms with E-state index in [4.69, 9.17) is 0 Å². The van der Waals surface area contributed by atoms with E-state index < -0.39 is 0 Å². The fourth-order valence-corrected chi connectivity index (χ4v) is 1.70. The monoisotopic (exact) mass is 231 g/mol. The van der Waals surface area contributed by atoms with Crippen LogP contribution in [0.15, 0.2) is 24.5 Å². The highest BCUT2D eigenvalue weighted by Gasteiger charge is 2.15. The lowest BCUT2D eigenvalue weighted by Gasteiger charge is -2.17. The van der Waals surface area contributed by atoms with Crippen molar-refractivity contribution in [3.05, 3.63) is 24.5 Å². The summed E-state index contributed by atoms with van der Waals surface area (Å²) in [5, 5.41) is 2.89. The first-order valence-electron chi connectivity index (χ1n) is 5.67. The molecule has 0 saturated heterocycles. The van der Waals surface area contributed by atoms with Crippen LogP contribution in [0.4, 0.5) is 5.69 Å². The molecule has 2 aromatic rings. The zero-order valence-corrected chi connectivity index (χ0v) is 10.4. The third kappa shape index (κ3) is 3.06. The second-order valence-corrected chi connectivity index (χ2v) is 5.42. The Kier molecular flexibility index (Phi) is 2.88. The van der Waals surface area contributed by atoms with Crippen LogP contribution < -0.4 is 5.32 Å². The number of amides is 1. The van der Waals surface area contributed by atoms with E-state index >= 15 is 0 Å². The standard InChI is InChI=1S/C13H17N3O/c1-13(2,3)7-12(17)16-9-4-5-10-11(6-9)15-8-14-10/h4-6,8H,7H2,1-3H3,(H,14,15)(H,16,17). The zero-order chi connectivity index (χ0) is 12.5. The maximum Gasteiger partial charge on any atom is 0.224 e. The number of H-pyrrole nitrogens is 1. The third-order valence-corrected chi connectivity index (χ3v) is 2.39. The second kappa shape index (κ2) is 4.20. The molecule has 0 saturated carbocycles. The Hall–Kier alpha value is -1.84. The Bertz CT molecular complexity index is 537. The van der Waals surface area contributed by atoms with Crippen LogP contribution in [0.25, 0.3) is 11.0 Å². The average molecular weight is 231 g/mol. The van der Waals surface area contributed by atoms with Gasteiger partial charge in [-0.25, -0.2) is 4.98 Å². The van der Waals surface area contributed by atoms with E-state index in [1.807, 2.05) is 39.0 Å². The number of imidazole rings is 1. The molecule has 2 N–H and O–H groups in total. The molecule has 0 aliphatic carbocycles. The van der Waals surface area contributed by atoms with Gasteiger partial charge >= 0.3 is 0 Å². The van der Waals surface area contributed by atoms with Gasteiger partial charge in [-0.2, -0.15) is 0 Å². The minimum Gasteiger partial charge on any atom is -0.345 e. The number of fused-ring (bicyclic) bond motifs is 1. The maximum absolute atomic E-state index is 11.8. The van der Waals surface area contributed by atoms with E-state index in [0.29, 0.717) is 6.42 Å². The summed E-state index contributed by atoms with van der Waals surface area (Å²) >= 11 is 0. The summed E-state index contributed by atoms with van der Waals surface area (Å²) in [7, 11) is 0. The van der Waals surface area contributed by atoms with Crippen molar-refractivity contribution in [2.75, 3.05) is 5.32 Å². The fraction of sp³-hybridized carbons (Fsp3) is 0.385. The number of benzene rings is 1. The number of carbonyl (C=O) groups is 1. The van der Waals surface area contributed by atoms with Gasteiger partial charge in [-0.1, -0.05) is 20.8 Å². The molecule has 1 aromatic heterocycles. The number of nitrogens with zero attached hydrogens (tertiary/aromatic N) is 1. The van der Waals surface area contributed by atoms with Crippen molar-refractivity contribution < 1.29 is 4.79 Å². The number of hydrogen-bond donors (Lipinski definition) is 2. The summed E-state index contributed by atoms with van der Waals surface area (Å²) in [6, 6.07) is 5.64. The van der Waals surface area contributed by atoms with Crippen LogP contribution in [0.5, 0.6) is 0 Å². The minimum absolute atomic E-state index is 0.00215. The quantitative estimate of drug-likeness (QED) is 0.834. The summed E-state index contributed by atoms with van der Waals surface area (Å²) in [6.45, 7) is 6.14. The summed E-state index contributed by atoms with van der Waals surface area (Å²) in [5.74, 6) is 0.0383. The van der Waals surface area contributed by atoms with Gasteiger partial charge < -0.3 is 10.3 Å². The van der Waals surface area contributed by atoms with Gasteiger partial charge in [0.25, 0.3) is 0 Å². The van der Waals surface area contributed by atoms with Crippen LogP contribution in [-0.2, 0) is 4.79 Å². The summed E-state index contributed by atoms with van der Waals surface area (Å²) in [5.41, 5.74) is 2.63. The topological polar surface area (TPSA) is 57.8 Å². The molecule has 1 aromatic carbocycles. The molecule has 1 amide bonds. The lowest BCUT2D eigenvalue weighted by Crippen LogP contribution is -2.19. The molecule has 90 valence electrons. The van der Waals surface area contributed by atoms with Crippen LogP contribution in [0.2, 0.25) is 0 Å². The normalized spacial score (nSPS) is 11.7. The van der Waals surface area contributed by atoms with E-state index in [-0.39, 0.29) is 11.3 Å². The Morgan fingerprint density at radius 1 is 1.41 bits per heavy atom. The number of rotatable bonds is 2. The molecule has 0 bridgehead atoms. The predicted molar refractivity (Wildman–Crippen MR) is 68.8 cm³/mol. The van der Waals surface area contributed by atoms with Crippen molar-refractivity contribution in [2.45, 2.75) is 27.2 Å². The highest BCUT2D eigenvalue weighted by molar-refractivity contribution is 5.93. The molecular weight excluding hydrogens is 214 g/mol. The largest absolute Gasteiger partial charge is 0.345 e. The molecule has 0 unspecified atom stereocenters. The third-order valence-electron chi connectivity index (χ3n) is 2.39.